The molecule has 0 radical (unpaired) electrons. The van der Waals surface area contributed by atoms with Gasteiger partial charge in [-0.25, -0.2) is 4.79 Å². The first-order valence-electron chi connectivity index (χ1n) is 5.14. The normalized spacial score (nSPS) is 36.6. The van der Waals surface area contributed by atoms with Crippen LogP contribution in [0.25, 0.3) is 0 Å². The molecule has 0 bridgehead atoms. The number of carbonyl (C=O) groups is 1. The molecule has 0 aromatic carbocycles. The Morgan fingerprint density at radius 2 is 2.38 bits per heavy atom. The van der Waals surface area contributed by atoms with E-state index in [9.17, 15) is 9.90 Å². The Morgan fingerprint density at radius 1 is 1.56 bits per heavy atom. The zero-order valence-corrected chi connectivity index (χ0v) is 8.89. The predicted octanol–water partition coefficient (Wildman–Crippen LogP) is 1.08. The smallest absolute Gasteiger partial charge is 0.332 e. The van der Waals surface area contributed by atoms with E-state index in [1.54, 1.807) is 0 Å². The summed E-state index contributed by atoms with van der Waals surface area (Å²) in [6, 6.07) is 0. The molecule has 1 saturated heterocycles. The molecule has 0 aromatic heterocycles. The lowest BCUT2D eigenvalue weighted by Gasteiger charge is -2.26. The van der Waals surface area contributed by atoms with Gasteiger partial charge in [-0.1, -0.05) is 30.9 Å². The van der Waals surface area contributed by atoms with Crippen LogP contribution in [0.15, 0.2) is 37.0 Å². The molecule has 4 nitrogen and oxygen atoms in total. The van der Waals surface area contributed by atoms with Gasteiger partial charge in [0.2, 0.25) is 5.79 Å². The summed E-state index contributed by atoms with van der Waals surface area (Å²) in [6.45, 7) is 3.28. The Bertz CT molecular complexity index is 371. The highest BCUT2D eigenvalue weighted by Gasteiger charge is 2.49. The van der Waals surface area contributed by atoms with E-state index in [4.69, 9.17) is 9.47 Å². The molecule has 2 aliphatic rings. The van der Waals surface area contributed by atoms with E-state index in [1.807, 2.05) is 24.3 Å². The monoisotopic (exact) mass is 222 g/mol. The third-order valence-electron chi connectivity index (χ3n) is 2.73. The highest BCUT2D eigenvalue weighted by molar-refractivity contribution is 5.81. The molecule has 1 fully saturated rings. The van der Waals surface area contributed by atoms with E-state index in [0.717, 1.165) is 6.08 Å². The molecule has 86 valence electrons. The van der Waals surface area contributed by atoms with E-state index in [1.165, 1.54) is 0 Å². The number of carbonyl (C=O) groups excluding carboxylic acids is 1. The highest BCUT2D eigenvalue weighted by atomic mass is 16.7. The second-order valence-electron chi connectivity index (χ2n) is 4.09. The SMILES string of the molecule is C=CC(=O)OC1(O)COC2(C=CC=CC2)C1. The molecule has 0 saturated carbocycles. The second kappa shape index (κ2) is 3.88. The van der Waals surface area contributed by atoms with Crippen LogP contribution >= 0.6 is 0 Å². The summed E-state index contributed by atoms with van der Waals surface area (Å²) in [5.74, 6) is -2.18. The first-order valence-corrected chi connectivity index (χ1v) is 5.14. The lowest BCUT2D eigenvalue weighted by Crippen LogP contribution is -2.36. The fourth-order valence-corrected chi connectivity index (χ4v) is 2.00. The zero-order chi connectivity index (χ0) is 11.6. The van der Waals surface area contributed by atoms with Crippen molar-refractivity contribution in [2.24, 2.45) is 0 Å². The Morgan fingerprint density at radius 3 is 3.00 bits per heavy atom. The summed E-state index contributed by atoms with van der Waals surface area (Å²) in [5, 5.41) is 10.0. The Balaban J connectivity index is 2.06. The van der Waals surface area contributed by atoms with Crippen molar-refractivity contribution in [2.75, 3.05) is 6.61 Å². The van der Waals surface area contributed by atoms with Crippen LogP contribution in [0.1, 0.15) is 12.8 Å². The summed E-state index contributed by atoms with van der Waals surface area (Å²) < 4.78 is 10.4. The number of hydrogen-bond donors (Lipinski definition) is 1. The molecule has 1 aliphatic heterocycles. The fourth-order valence-electron chi connectivity index (χ4n) is 2.00. The predicted molar refractivity (Wildman–Crippen MR) is 57.4 cm³/mol. The fraction of sp³-hybridized carbons (Fsp3) is 0.417. The van der Waals surface area contributed by atoms with Gasteiger partial charge in [0.25, 0.3) is 0 Å². The van der Waals surface area contributed by atoms with E-state index in [2.05, 4.69) is 6.58 Å². The Kier molecular flexibility index (Phi) is 2.69. The van der Waals surface area contributed by atoms with Crippen molar-refractivity contribution in [3.63, 3.8) is 0 Å². The Hall–Kier alpha value is -1.39. The molecule has 1 aliphatic carbocycles. The lowest BCUT2D eigenvalue weighted by molar-refractivity contribution is -0.202. The van der Waals surface area contributed by atoms with Crippen LogP contribution in [0.2, 0.25) is 0 Å². The van der Waals surface area contributed by atoms with Gasteiger partial charge in [-0.2, -0.15) is 0 Å². The third kappa shape index (κ3) is 2.08. The first-order chi connectivity index (χ1) is 7.58. The summed E-state index contributed by atoms with van der Waals surface area (Å²) >= 11 is 0. The summed E-state index contributed by atoms with van der Waals surface area (Å²) in [5.41, 5.74) is -0.537. The number of rotatable bonds is 2. The maximum Gasteiger partial charge on any atom is 0.332 e. The molecule has 1 heterocycles. The summed E-state index contributed by atoms with van der Waals surface area (Å²) in [6.07, 6.45) is 9.58. The van der Waals surface area contributed by atoms with Gasteiger partial charge in [0.15, 0.2) is 0 Å². The second-order valence-corrected chi connectivity index (χ2v) is 4.09. The van der Waals surface area contributed by atoms with Gasteiger partial charge in [0.05, 0.1) is 5.60 Å². The van der Waals surface area contributed by atoms with Crippen LogP contribution in [-0.4, -0.2) is 29.1 Å². The van der Waals surface area contributed by atoms with Gasteiger partial charge in [-0.3, -0.25) is 0 Å². The van der Waals surface area contributed by atoms with Crippen molar-refractivity contribution in [1.82, 2.24) is 0 Å². The van der Waals surface area contributed by atoms with Gasteiger partial charge >= 0.3 is 5.97 Å². The Labute approximate surface area is 93.9 Å². The molecule has 2 rings (SSSR count). The van der Waals surface area contributed by atoms with Crippen LogP contribution < -0.4 is 0 Å². The first kappa shape index (κ1) is 11.1. The van der Waals surface area contributed by atoms with Crippen molar-refractivity contribution < 1.29 is 19.4 Å². The van der Waals surface area contributed by atoms with Gasteiger partial charge in [0.1, 0.15) is 6.61 Å². The summed E-state index contributed by atoms with van der Waals surface area (Å²) in [7, 11) is 0. The van der Waals surface area contributed by atoms with Crippen molar-refractivity contribution in [1.29, 1.82) is 0 Å². The van der Waals surface area contributed by atoms with E-state index >= 15 is 0 Å². The van der Waals surface area contributed by atoms with Crippen molar-refractivity contribution >= 4 is 5.97 Å². The maximum absolute atomic E-state index is 11.1. The molecular formula is C12H14O4. The van der Waals surface area contributed by atoms with Crippen LogP contribution in [0.5, 0.6) is 0 Å². The number of esters is 1. The van der Waals surface area contributed by atoms with Crippen LogP contribution in [0.3, 0.4) is 0 Å². The van der Waals surface area contributed by atoms with Gasteiger partial charge in [0, 0.05) is 12.5 Å². The van der Waals surface area contributed by atoms with Gasteiger partial charge in [-0.05, 0) is 6.42 Å². The van der Waals surface area contributed by atoms with Crippen LogP contribution in [0.4, 0.5) is 0 Å². The lowest BCUT2D eigenvalue weighted by atomic mass is 9.90. The van der Waals surface area contributed by atoms with E-state index in [0.29, 0.717) is 6.42 Å². The quantitative estimate of drug-likeness (QED) is 0.431. The minimum absolute atomic E-state index is 0.00917. The van der Waals surface area contributed by atoms with Crippen molar-refractivity contribution in [3.8, 4) is 0 Å². The largest absolute Gasteiger partial charge is 0.427 e. The minimum Gasteiger partial charge on any atom is -0.427 e. The number of aliphatic hydroxyl groups is 1. The molecule has 0 amide bonds. The van der Waals surface area contributed by atoms with Crippen LogP contribution in [-0.2, 0) is 14.3 Å². The molecular weight excluding hydrogens is 208 g/mol. The van der Waals surface area contributed by atoms with E-state index in [-0.39, 0.29) is 13.0 Å². The maximum atomic E-state index is 11.1. The average Bonchev–Trinajstić information content (AvgIpc) is 2.57. The van der Waals surface area contributed by atoms with E-state index < -0.39 is 17.4 Å². The molecule has 2 unspecified atom stereocenters. The molecule has 1 N–H and O–H groups in total. The standard InChI is InChI=1S/C12H14O4/c1-2-10(13)16-12(14)8-11(15-9-12)6-4-3-5-7-11/h2-6,14H,1,7-9H2. The molecule has 1 spiro atoms. The molecule has 0 aromatic rings. The molecule has 2 atom stereocenters. The number of ether oxygens (including phenoxy) is 2. The number of hydrogen-bond acceptors (Lipinski definition) is 4. The number of allylic oxidation sites excluding steroid dienone is 2. The topological polar surface area (TPSA) is 55.8 Å². The molecule has 4 heteroatoms. The van der Waals surface area contributed by atoms with Gasteiger partial charge in [-0.15, -0.1) is 0 Å². The van der Waals surface area contributed by atoms with Crippen LogP contribution in [0, 0.1) is 0 Å². The molecule has 16 heavy (non-hydrogen) atoms. The van der Waals surface area contributed by atoms with Gasteiger partial charge < -0.3 is 14.6 Å². The highest BCUT2D eigenvalue weighted by Crippen LogP contribution is 2.39. The summed E-state index contributed by atoms with van der Waals surface area (Å²) in [4.78, 5) is 11.1. The van der Waals surface area contributed by atoms with Crippen molar-refractivity contribution in [3.05, 3.63) is 37.0 Å². The zero-order valence-electron chi connectivity index (χ0n) is 8.89. The average molecular weight is 222 g/mol. The van der Waals surface area contributed by atoms with Crippen molar-refractivity contribution in [2.45, 2.75) is 24.2 Å². The third-order valence-corrected chi connectivity index (χ3v) is 2.73. The minimum atomic E-state index is -1.54.